The monoisotopic (exact) mass is 177 g/mol. The molecule has 1 atom stereocenters. The lowest BCUT2D eigenvalue weighted by molar-refractivity contribution is -0.138. The summed E-state index contributed by atoms with van der Waals surface area (Å²) in [5.41, 5.74) is 0. The van der Waals surface area contributed by atoms with Gasteiger partial charge in [0.25, 0.3) is 0 Å². The zero-order valence-electron chi connectivity index (χ0n) is 6.20. The van der Waals surface area contributed by atoms with Gasteiger partial charge in [-0.15, -0.1) is 0 Å². The number of hydrogen-bond acceptors (Lipinski definition) is 3. The van der Waals surface area contributed by atoms with Gasteiger partial charge in [-0.2, -0.15) is 12.6 Å². The second kappa shape index (κ2) is 5.01. The van der Waals surface area contributed by atoms with Crippen molar-refractivity contribution < 1.29 is 14.7 Å². The molecule has 1 amide bonds. The van der Waals surface area contributed by atoms with Crippen molar-refractivity contribution in [3.05, 3.63) is 0 Å². The minimum atomic E-state index is -1.04. The Morgan fingerprint density at radius 1 is 1.64 bits per heavy atom. The highest BCUT2D eigenvalue weighted by atomic mass is 32.1. The van der Waals surface area contributed by atoms with E-state index in [0.717, 1.165) is 0 Å². The third-order valence-corrected chi connectivity index (χ3v) is 1.68. The van der Waals surface area contributed by atoms with Gasteiger partial charge < -0.3 is 10.4 Å². The lowest BCUT2D eigenvalue weighted by Crippen LogP contribution is -2.34. The van der Waals surface area contributed by atoms with Gasteiger partial charge in [-0.05, 0) is 0 Å². The first-order valence-electron chi connectivity index (χ1n) is 3.18. The van der Waals surface area contributed by atoms with E-state index >= 15 is 0 Å². The molecule has 0 radical (unpaired) electrons. The lowest BCUT2D eigenvalue weighted by atomic mass is 10.2. The molecule has 0 aromatic carbocycles. The Labute approximate surface area is 70.4 Å². The van der Waals surface area contributed by atoms with Crippen molar-refractivity contribution in [2.75, 3.05) is 12.3 Å². The van der Waals surface area contributed by atoms with E-state index < -0.39 is 5.97 Å². The summed E-state index contributed by atoms with van der Waals surface area (Å²) >= 11 is 3.89. The van der Waals surface area contributed by atoms with Crippen molar-refractivity contribution >= 4 is 24.5 Å². The Kier molecular flexibility index (Phi) is 4.69. The van der Waals surface area contributed by atoms with E-state index in [-0.39, 0.29) is 18.4 Å². The molecule has 0 aromatic heterocycles. The maximum atomic E-state index is 10.9. The Hall–Kier alpha value is -0.710. The van der Waals surface area contributed by atoms with Gasteiger partial charge in [-0.25, -0.2) is 0 Å². The van der Waals surface area contributed by atoms with E-state index in [1.54, 1.807) is 6.92 Å². The third-order valence-electron chi connectivity index (χ3n) is 1.14. The quantitative estimate of drug-likeness (QED) is 0.519. The average molecular weight is 177 g/mol. The Balaban J connectivity index is 3.60. The predicted octanol–water partition coefficient (Wildman–Crippen LogP) is -0.247. The molecular weight excluding hydrogens is 166 g/mol. The normalized spacial score (nSPS) is 12.2. The highest BCUT2D eigenvalue weighted by Crippen LogP contribution is 1.95. The molecule has 0 unspecified atom stereocenters. The molecule has 0 spiro atoms. The number of hydrogen-bond donors (Lipinski definition) is 3. The first-order valence-corrected chi connectivity index (χ1v) is 3.81. The molecule has 0 saturated carbocycles. The number of carboxylic acid groups (broad SMARTS) is 1. The highest BCUT2D eigenvalue weighted by Gasteiger charge is 2.10. The van der Waals surface area contributed by atoms with Gasteiger partial charge >= 0.3 is 5.97 Å². The highest BCUT2D eigenvalue weighted by molar-refractivity contribution is 7.80. The Bertz CT molecular complexity index is 160. The van der Waals surface area contributed by atoms with E-state index in [9.17, 15) is 9.59 Å². The minimum absolute atomic E-state index is 0.238. The van der Waals surface area contributed by atoms with Gasteiger partial charge in [-0.3, -0.25) is 9.59 Å². The molecular formula is C6H11NO3S. The van der Waals surface area contributed by atoms with E-state index in [1.165, 1.54) is 0 Å². The smallest absolute Gasteiger partial charge is 0.322 e. The number of amides is 1. The van der Waals surface area contributed by atoms with Crippen LogP contribution < -0.4 is 5.32 Å². The fourth-order valence-electron chi connectivity index (χ4n) is 0.420. The maximum Gasteiger partial charge on any atom is 0.322 e. The van der Waals surface area contributed by atoms with E-state index in [1.807, 2.05) is 0 Å². The first-order chi connectivity index (χ1) is 5.07. The molecule has 0 aliphatic rings. The second-order valence-corrected chi connectivity index (χ2v) is 2.56. The summed E-state index contributed by atoms with van der Waals surface area (Å²) in [6.07, 6.45) is 0. The zero-order valence-corrected chi connectivity index (χ0v) is 7.10. The van der Waals surface area contributed by atoms with Gasteiger partial charge in [0, 0.05) is 11.7 Å². The zero-order chi connectivity index (χ0) is 8.85. The summed E-state index contributed by atoms with van der Waals surface area (Å²) in [4.78, 5) is 20.8. The van der Waals surface area contributed by atoms with Crippen molar-refractivity contribution in [1.29, 1.82) is 0 Å². The standard InChI is InChI=1S/C6H11NO3S/c1-4(3-11)6(10)7-2-5(8)9/h4,11H,2-3H2,1H3,(H,7,10)(H,8,9)/t4-/m0/s1. The van der Waals surface area contributed by atoms with E-state index in [2.05, 4.69) is 17.9 Å². The molecule has 0 fully saturated rings. The number of nitrogens with one attached hydrogen (secondary N) is 1. The lowest BCUT2D eigenvalue weighted by Gasteiger charge is -2.06. The van der Waals surface area contributed by atoms with Crippen molar-refractivity contribution in [2.45, 2.75) is 6.92 Å². The van der Waals surface area contributed by atoms with Crippen molar-refractivity contribution in [1.82, 2.24) is 5.32 Å². The average Bonchev–Trinajstić information content (AvgIpc) is 1.98. The van der Waals surface area contributed by atoms with Crippen LogP contribution in [0.25, 0.3) is 0 Å². The van der Waals surface area contributed by atoms with Gasteiger partial charge in [-0.1, -0.05) is 6.92 Å². The van der Waals surface area contributed by atoms with E-state index in [4.69, 9.17) is 5.11 Å². The largest absolute Gasteiger partial charge is 0.480 e. The molecule has 0 bridgehead atoms. The SMILES string of the molecule is C[C@@H](CS)C(=O)NCC(=O)O. The van der Waals surface area contributed by atoms with Crippen LogP contribution in [0.2, 0.25) is 0 Å². The molecule has 0 rings (SSSR count). The first kappa shape index (κ1) is 10.3. The van der Waals surface area contributed by atoms with Gasteiger partial charge in [0.2, 0.25) is 5.91 Å². The molecule has 2 N–H and O–H groups in total. The van der Waals surface area contributed by atoms with Gasteiger partial charge in [0.05, 0.1) is 0 Å². The maximum absolute atomic E-state index is 10.9. The minimum Gasteiger partial charge on any atom is -0.480 e. The summed E-state index contributed by atoms with van der Waals surface area (Å²) in [7, 11) is 0. The van der Waals surface area contributed by atoms with Crippen LogP contribution in [-0.2, 0) is 9.59 Å². The van der Waals surface area contributed by atoms with Crippen LogP contribution in [0.4, 0.5) is 0 Å². The Morgan fingerprint density at radius 2 is 2.18 bits per heavy atom. The number of aliphatic carboxylic acids is 1. The fraction of sp³-hybridized carbons (Fsp3) is 0.667. The topological polar surface area (TPSA) is 66.4 Å². The summed E-state index contributed by atoms with van der Waals surface area (Å²) in [6, 6.07) is 0. The van der Waals surface area contributed by atoms with Crippen LogP contribution in [0.5, 0.6) is 0 Å². The molecule has 11 heavy (non-hydrogen) atoms. The van der Waals surface area contributed by atoms with Crippen molar-refractivity contribution in [3.8, 4) is 0 Å². The molecule has 5 heteroatoms. The van der Waals surface area contributed by atoms with Crippen LogP contribution in [0.1, 0.15) is 6.92 Å². The number of thiol groups is 1. The Morgan fingerprint density at radius 3 is 2.55 bits per heavy atom. The number of rotatable bonds is 4. The molecule has 0 aliphatic carbocycles. The summed E-state index contributed by atoms with van der Waals surface area (Å²) in [6.45, 7) is 1.36. The number of carboxylic acids is 1. The van der Waals surface area contributed by atoms with Crippen LogP contribution in [0, 0.1) is 5.92 Å². The summed E-state index contributed by atoms with van der Waals surface area (Å²) < 4.78 is 0. The molecule has 64 valence electrons. The van der Waals surface area contributed by atoms with Gasteiger partial charge in [0.15, 0.2) is 0 Å². The number of carbonyl (C=O) groups is 2. The molecule has 0 heterocycles. The fourth-order valence-corrected chi connectivity index (χ4v) is 0.586. The van der Waals surface area contributed by atoms with Crippen molar-refractivity contribution in [2.24, 2.45) is 5.92 Å². The second-order valence-electron chi connectivity index (χ2n) is 2.20. The van der Waals surface area contributed by atoms with Crippen LogP contribution in [0.15, 0.2) is 0 Å². The number of carbonyl (C=O) groups excluding carboxylic acids is 1. The predicted molar refractivity (Wildman–Crippen MR) is 43.7 cm³/mol. The molecule has 4 nitrogen and oxygen atoms in total. The molecule has 0 aromatic rings. The van der Waals surface area contributed by atoms with Crippen LogP contribution in [-0.4, -0.2) is 29.3 Å². The molecule has 0 aliphatic heterocycles. The summed E-state index contributed by atoms with van der Waals surface area (Å²) in [5, 5.41) is 10.4. The van der Waals surface area contributed by atoms with Crippen LogP contribution >= 0.6 is 12.6 Å². The van der Waals surface area contributed by atoms with Crippen molar-refractivity contribution in [3.63, 3.8) is 0 Å². The van der Waals surface area contributed by atoms with E-state index in [0.29, 0.717) is 5.75 Å². The third kappa shape index (κ3) is 4.66. The van der Waals surface area contributed by atoms with Crippen LogP contribution in [0.3, 0.4) is 0 Å². The summed E-state index contributed by atoms with van der Waals surface area (Å²) in [5.74, 6) is -1.13. The van der Waals surface area contributed by atoms with Gasteiger partial charge in [0.1, 0.15) is 6.54 Å². The molecule has 0 saturated heterocycles.